The maximum absolute atomic E-state index is 13.9. The van der Waals surface area contributed by atoms with Crippen LogP contribution in [0.15, 0.2) is 24.3 Å². The second-order valence-corrected chi connectivity index (χ2v) is 6.81. The van der Waals surface area contributed by atoms with Gasteiger partial charge in [0.25, 0.3) is 0 Å². The van der Waals surface area contributed by atoms with Gasteiger partial charge in [0.15, 0.2) is 5.11 Å². The number of halogens is 1. The van der Waals surface area contributed by atoms with Crippen molar-refractivity contribution in [1.29, 1.82) is 0 Å². The number of para-hydroxylation sites is 1. The van der Waals surface area contributed by atoms with Crippen LogP contribution in [0, 0.1) is 5.82 Å². The largest absolute Gasteiger partial charge is 0.366 e. The molecule has 0 saturated carbocycles. The van der Waals surface area contributed by atoms with Crippen LogP contribution in [0.4, 0.5) is 10.1 Å². The first-order valence-electron chi connectivity index (χ1n) is 9.24. The van der Waals surface area contributed by atoms with Gasteiger partial charge in [0.2, 0.25) is 0 Å². The number of piperazine rings is 1. The van der Waals surface area contributed by atoms with Crippen molar-refractivity contribution >= 4 is 23.0 Å². The van der Waals surface area contributed by atoms with E-state index in [9.17, 15) is 4.39 Å². The third kappa shape index (κ3) is 5.93. The number of nitrogens with zero attached hydrogens (tertiary/aromatic N) is 2. The van der Waals surface area contributed by atoms with Gasteiger partial charge in [-0.2, -0.15) is 0 Å². The Labute approximate surface area is 151 Å². The number of hydrogen-bond donors (Lipinski definition) is 1. The van der Waals surface area contributed by atoms with Crippen LogP contribution in [-0.4, -0.2) is 42.7 Å². The lowest BCUT2D eigenvalue weighted by molar-refractivity contribution is 0.377. The molecule has 1 aliphatic heterocycles. The first kappa shape index (κ1) is 19.0. The van der Waals surface area contributed by atoms with Gasteiger partial charge in [-0.05, 0) is 30.8 Å². The van der Waals surface area contributed by atoms with Crippen LogP contribution in [0.25, 0.3) is 0 Å². The van der Waals surface area contributed by atoms with E-state index < -0.39 is 0 Å². The highest BCUT2D eigenvalue weighted by molar-refractivity contribution is 7.80. The van der Waals surface area contributed by atoms with E-state index >= 15 is 0 Å². The van der Waals surface area contributed by atoms with Gasteiger partial charge in [-0.15, -0.1) is 0 Å². The number of unbranched alkanes of at least 4 members (excludes halogenated alkanes) is 5. The molecule has 1 heterocycles. The maximum Gasteiger partial charge on any atom is 0.169 e. The van der Waals surface area contributed by atoms with E-state index in [1.54, 1.807) is 6.07 Å². The summed E-state index contributed by atoms with van der Waals surface area (Å²) in [6.07, 6.45) is 7.76. The SMILES string of the molecule is CCCCCCCCNC(=S)N1CCN(c2ccccc2F)CC1. The minimum absolute atomic E-state index is 0.144. The van der Waals surface area contributed by atoms with Crippen molar-refractivity contribution in [2.75, 3.05) is 37.6 Å². The molecule has 5 heteroatoms. The number of hydrogen-bond acceptors (Lipinski definition) is 2. The molecule has 0 amide bonds. The smallest absolute Gasteiger partial charge is 0.169 e. The Balaban J connectivity index is 1.63. The molecular weight excluding hydrogens is 321 g/mol. The van der Waals surface area contributed by atoms with E-state index in [-0.39, 0.29) is 5.82 Å². The van der Waals surface area contributed by atoms with Gasteiger partial charge in [0.05, 0.1) is 5.69 Å². The summed E-state index contributed by atoms with van der Waals surface area (Å²) in [7, 11) is 0. The Bertz CT molecular complexity index is 501. The molecule has 3 nitrogen and oxygen atoms in total. The monoisotopic (exact) mass is 351 g/mol. The molecule has 0 aromatic heterocycles. The summed E-state index contributed by atoms with van der Waals surface area (Å²) in [4.78, 5) is 4.30. The zero-order chi connectivity index (χ0) is 17.2. The second kappa shape index (κ2) is 10.5. The van der Waals surface area contributed by atoms with Crippen molar-refractivity contribution < 1.29 is 4.39 Å². The fourth-order valence-electron chi connectivity index (χ4n) is 3.07. The van der Waals surface area contributed by atoms with Gasteiger partial charge < -0.3 is 15.1 Å². The molecule has 0 aliphatic carbocycles. The number of thiocarbonyl (C=S) groups is 1. The van der Waals surface area contributed by atoms with Crippen LogP contribution in [0.3, 0.4) is 0 Å². The zero-order valence-corrected chi connectivity index (χ0v) is 15.6. The van der Waals surface area contributed by atoms with Crippen molar-refractivity contribution in [3.8, 4) is 0 Å². The third-order valence-corrected chi connectivity index (χ3v) is 4.97. The average molecular weight is 352 g/mol. The standard InChI is InChI=1S/C19H30FN3S/c1-2-3-4-5-6-9-12-21-19(24)23-15-13-22(14-16-23)18-11-8-7-10-17(18)20/h7-8,10-11H,2-6,9,12-16H2,1H3,(H,21,24). The van der Waals surface area contributed by atoms with Crippen LogP contribution in [0.1, 0.15) is 45.4 Å². The molecule has 2 rings (SSSR count). The number of anilines is 1. The van der Waals surface area contributed by atoms with Gasteiger partial charge in [-0.25, -0.2) is 4.39 Å². The molecule has 0 spiro atoms. The van der Waals surface area contributed by atoms with Crippen molar-refractivity contribution in [2.24, 2.45) is 0 Å². The lowest BCUT2D eigenvalue weighted by atomic mass is 10.1. The highest BCUT2D eigenvalue weighted by Crippen LogP contribution is 2.20. The van der Waals surface area contributed by atoms with Crippen LogP contribution in [0.2, 0.25) is 0 Å². The first-order chi connectivity index (χ1) is 11.7. The third-order valence-electron chi connectivity index (χ3n) is 4.57. The molecular formula is C19H30FN3S. The molecule has 1 fully saturated rings. The fraction of sp³-hybridized carbons (Fsp3) is 0.632. The number of nitrogens with one attached hydrogen (secondary N) is 1. The van der Waals surface area contributed by atoms with Gasteiger partial charge >= 0.3 is 0 Å². The summed E-state index contributed by atoms with van der Waals surface area (Å²) in [6.45, 7) is 6.50. The van der Waals surface area contributed by atoms with E-state index in [2.05, 4.69) is 22.0 Å². The highest BCUT2D eigenvalue weighted by atomic mass is 32.1. The molecule has 0 atom stereocenters. The summed E-state index contributed by atoms with van der Waals surface area (Å²) in [6, 6.07) is 6.99. The van der Waals surface area contributed by atoms with E-state index in [4.69, 9.17) is 12.2 Å². The Kier molecular flexibility index (Phi) is 8.29. The predicted octanol–water partition coefficient (Wildman–Crippen LogP) is 4.18. The summed E-state index contributed by atoms with van der Waals surface area (Å²) in [5.74, 6) is -0.144. The molecule has 0 radical (unpaired) electrons. The minimum Gasteiger partial charge on any atom is -0.366 e. The Morgan fingerprint density at radius 2 is 1.71 bits per heavy atom. The molecule has 1 aromatic carbocycles. The van der Waals surface area contributed by atoms with E-state index in [0.717, 1.165) is 37.8 Å². The number of rotatable bonds is 8. The summed E-state index contributed by atoms with van der Waals surface area (Å²) in [5.41, 5.74) is 0.697. The average Bonchev–Trinajstić information content (AvgIpc) is 2.61. The Morgan fingerprint density at radius 3 is 2.42 bits per heavy atom. The minimum atomic E-state index is -0.144. The van der Waals surface area contributed by atoms with Gasteiger partial charge in [-0.3, -0.25) is 0 Å². The van der Waals surface area contributed by atoms with Gasteiger partial charge in [0, 0.05) is 32.7 Å². The number of benzene rings is 1. The van der Waals surface area contributed by atoms with Crippen LogP contribution in [0.5, 0.6) is 0 Å². The topological polar surface area (TPSA) is 18.5 Å². The van der Waals surface area contributed by atoms with Crippen molar-refractivity contribution in [2.45, 2.75) is 45.4 Å². The van der Waals surface area contributed by atoms with Crippen molar-refractivity contribution in [1.82, 2.24) is 10.2 Å². The van der Waals surface area contributed by atoms with Crippen LogP contribution >= 0.6 is 12.2 Å². The molecule has 1 aliphatic rings. The molecule has 1 N–H and O–H groups in total. The lowest BCUT2D eigenvalue weighted by Crippen LogP contribution is -2.52. The molecule has 0 unspecified atom stereocenters. The van der Waals surface area contributed by atoms with Crippen molar-refractivity contribution in [3.05, 3.63) is 30.1 Å². The van der Waals surface area contributed by atoms with Crippen LogP contribution in [-0.2, 0) is 0 Å². The summed E-state index contributed by atoms with van der Waals surface area (Å²) in [5, 5.41) is 4.22. The Hall–Kier alpha value is -1.36. The predicted molar refractivity (Wildman–Crippen MR) is 104 cm³/mol. The lowest BCUT2D eigenvalue weighted by Gasteiger charge is -2.37. The first-order valence-corrected chi connectivity index (χ1v) is 9.65. The van der Waals surface area contributed by atoms with Crippen LogP contribution < -0.4 is 10.2 Å². The highest BCUT2D eigenvalue weighted by Gasteiger charge is 2.20. The molecule has 134 valence electrons. The maximum atomic E-state index is 13.9. The zero-order valence-electron chi connectivity index (χ0n) is 14.8. The fourth-order valence-corrected chi connectivity index (χ4v) is 3.36. The molecule has 24 heavy (non-hydrogen) atoms. The van der Waals surface area contributed by atoms with Crippen molar-refractivity contribution in [3.63, 3.8) is 0 Å². The van der Waals surface area contributed by atoms with E-state index in [0.29, 0.717) is 5.69 Å². The molecule has 1 aromatic rings. The summed E-state index contributed by atoms with van der Waals surface area (Å²) < 4.78 is 13.9. The van der Waals surface area contributed by atoms with E-state index in [1.165, 1.54) is 44.6 Å². The van der Waals surface area contributed by atoms with E-state index in [1.807, 2.05) is 12.1 Å². The quantitative estimate of drug-likeness (QED) is 0.559. The van der Waals surface area contributed by atoms with Gasteiger partial charge in [-0.1, -0.05) is 51.2 Å². The normalized spacial score (nSPS) is 14.8. The molecule has 1 saturated heterocycles. The van der Waals surface area contributed by atoms with Gasteiger partial charge in [0.1, 0.15) is 5.82 Å². The Morgan fingerprint density at radius 1 is 1.04 bits per heavy atom. The second-order valence-electron chi connectivity index (χ2n) is 6.43. The summed E-state index contributed by atoms with van der Waals surface area (Å²) >= 11 is 5.50. The molecule has 0 bridgehead atoms.